The Morgan fingerprint density at radius 3 is 2.43 bits per heavy atom. The van der Waals surface area contributed by atoms with Crippen LogP contribution in [0.3, 0.4) is 0 Å². The maximum atomic E-state index is 13.9. The summed E-state index contributed by atoms with van der Waals surface area (Å²) >= 11 is 0. The molecule has 10 heteroatoms. The van der Waals surface area contributed by atoms with E-state index in [4.69, 9.17) is 0 Å². The number of rotatable bonds is 6. The van der Waals surface area contributed by atoms with Crippen molar-refractivity contribution in [3.05, 3.63) is 99.6 Å². The van der Waals surface area contributed by atoms with Crippen molar-refractivity contribution < 1.29 is 29.5 Å². The lowest BCUT2D eigenvalue weighted by Crippen LogP contribution is -2.57. The number of nitrogens with zero attached hydrogens (tertiary/aromatic N) is 2. The number of amides is 2. The van der Waals surface area contributed by atoms with Crippen molar-refractivity contribution >= 4 is 29.2 Å². The summed E-state index contributed by atoms with van der Waals surface area (Å²) in [6.07, 6.45) is -0.109. The van der Waals surface area contributed by atoms with Crippen LogP contribution in [0.5, 0.6) is 5.75 Å². The topological polar surface area (TPSA) is 150 Å². The molecule has 2 fully saturated rings. The SMILES string of the molecule is Cc1ccc(N2C(=O)C3C(c4cccc(O)c4)NC(Cc4ccccc4)(C(=O)O)C3C2=O)c([N+](=O)[O-])c1. The number of carboxylic acids is 1. The van der Waals surface area contributed by atoms with Crippen LogP contribution in [0.1, 0.15) is 22.7 Å². The third-order valence-corrected chi connectivity index (χ3v) is 7.16. The zero-order chi connectivity index (χ0) is 26.5. The number of benzene rings is 3. The van der Waals surface area contributed by atoms with Crippen molar-refractivity contribution in [2.45, 2.75) is 24.9 Å². The van der Waals surface area contributed by atoms with E-state index in [0.717, 1.165) is 4.90 Å². The monoisotopic (exact) mass is 501 g/mol. The van der Waals surface area contributed by atoms with Gasteiger partial charge >= 0.3 is 5.97 Å². The maximum Gasteiger partial charge on any atom is 0.325 e. The number of hydrogen-bond donors (Lipinski definition) is 3. The largest absolute Gasteiger partial charge is 0.508 e. The molecule has 3 aromatic rings. The van der Waals surface area contributed by atoms with Gasteiger partial charge in [-0.2, -0.15) is 0 Å². The van der Waals surface area contributed by atoms with Crippen LogP contribution in [0.2, 0.25) is 0 Å². The average Bonchev–Trinajstić information content (AvgIpc) is 3.34. The van der Waals surface area contributed by atoms with Gasteiger partial charge in [-0.25, -0.2) is 4.90 Å². The molecule has 0 spiro atoms. The highest BCUT2D eigenvalue weighted by atomic mass is 16.6. The van der Waals surface area contributed by atoms with Crippen LogP contribution in [-0.2, 0) is 20.8 Å². The van der Waals surface area contributed by atoms with Crippen LogP contribution in [0.25, 0.3) is 0 Å². The molecular weight excluding hydrogens is 478 g/mol. The molecule has 2 amide bonds. The standard InChI is InChI=1S/C27H23N3O7/c1-15-10-11-19(20(12-15)30(36)37)29-24(32)21-22(25(29)33)27(26(34)35,14-16-6-3-2-4-7-16)28-23(21)17-8-5-9-18(31)13-17/h2-13,21-23,28,31H,14H2,1H3,(H,34,35). The van der Waals surface area contributed by atoms with Crippen LogP contribution in [0, 0.1) is 28.9 Å². The summed E-state index contributed by atoms with van der Waals surface area (Å²) in [5, 5.41) is 35.5. The predicted octanol–water partition coefficient (Wildman–Crippen LogP) is 3.13. The molecule has 188 valence electrons. The number of imide groups is 1. The second-order valence-corrected chi connectivity index (χ2v) is 9.42. The fraction of sp³-hybridized carbons (Fsp3) is 0.222. The van der Waals surface area contributed by atoms with Gasteiger partial charge in [-0.3, -0.25) is 29.8 Å². The smallest absolute Gasteiger partial charge is 0.325 e. The summed E-state index contributed by atoms with van der Waals surface area (Å²) in [6, 6.07) is 18.0. The highest BCUT2D eigenvalue weighted by Crippen LogP contribution is 2.52. The number of nitrogens with one attached hydrogen (secondary N) is 1. The molecule has 10 nitrogen and oxygen atoms in total. The highest BCUT2D eigenvalue weighted by Gasteiger charge is 2.69. The van der Waals surface area contributed by atoms with Gasteiger partial charge < -0.3 is 10.2 Å². The van der Waals surface area contributed by atoms with Crippen molar-refractivity contribution in [3.63, 3.8) is 0 Å². The fourth-order valence-corrected chi connectivity index (χ4v) is 5.57. The van der Waals surface area contributed by atoms with Crippen molar-refractivity contribution in [2.75, 3.05) is 4.90 Å². The number of fused-ring (bicyclic) bond motifs is 1. The minimum atomic E-state index is -1.89. The van der Waals surface area contributed by atoms with E-state index in [1.807, 2.05) is 0 Å². The Bertz CT molecular complexity index is 1440. The number of nitro groups is 1. The molecule has 2 aliphatic heterocycles. The van der Waals surface area contributed by atoms with E-state index in [0.29, 0.717) is 16.7 Å². The van der Waals surface area contributed by atoms with E-state index in [9.17, 15) is 34.7 Å². The third-order valence-electron chi connectivity index (χ3n) is 7.16. The molecule has 5 rings (SSSR count). The van der Waals surface area contributed by atoms with Gasteiger partial charge in [0.25, 0.3) is 5.69 Å². The van der Waals surface area contributed by atoms with Crippen molar-refractivity contribution in [1.82, 2.24) is 5.32 Å². The molecule has 3 N–H and O–H groups in total. The Kier molecular flexibility index (Phi) is 5.76. The summed E-state index contributed by atoms with van der Waals surface area (Å²) in [7, 11) is 0. The van der Waals surface area contributed by atoms with Crippen LogP contribution in [0.15, 0.2) is 72.8 Å². The van der Waals surface area contributed by atoms with Crippen molar-refractivity contribution in [2.24, 2.45) is 11.8 Å². The number of carbonyl (C=O) groups is 3. The van der Waals surface area contributed by atoms with E-state index < -0.39 is 51.8 Å². The molecule has 2 heterocycles. The molecule has 2 saturated heterocycles. The number of anilines is 1. The minimum absolute atomic E-state index is 0.0884. The Morgan fingerprint density at radius 2 is 1.78 bits per heavy atom. The number of carboxylic acid groups (broad SMARTS) is 1. The van der Waals surface area contributed by atoms with Gasteiger partial charge in [0.1, 0.15) is 17.0 Å². The van der Waals surface area contributed by atoms with Gasteiger partial charge in [0, 0.05) is 18.5 Å². The first-order valence-corrected chi connectivity index (χ1v) is 11.6. The first-order chi connectivity index (χ1) is 17.6. The van der Waals surface area contributed by atoms with Gasteiger partial charge in [-0.15, -0.1) is 0 Å². The minimum Gasteiger partial charge on any atom is -0.508 e. The summed E-state index contributed by atoms with van der Waals surface area (Å²) in [5.41, 5.74) is -0.886. The fourth-order valence-electron chi connectivity index (χ4n) is 5.57. The summed E-state index contributed by atoms with van der Waals surface area (Å²) < 4.78 is 0. The second-order valence-electron chi connectivity index (χ2n) is 9.42. The van der Waals surface area contributed by atoms with Gasteiger partial charge in [-0.1, -0.05) is 48.5 Å². The van der Waals surface area contributed by atoms with Crippen LogP contribution in [0.4, 0.5) is 11.4 Å². The van der Waals surface area contributed by atoms with Crippen molar-refractivity contribution in [1.29, 1.82) is 0 Å². The van der Waals surface area contributed by atoms with E-state index in [-0.39, 0.29) is 17.9 Å². The second kappa shape index (κ2) is 8.82. The summed E-state index contributed by atoms with van der Waals surface area (Å²) in [4.78, 5) is 52.6. The highest BCUT2D eigenvalue weighted by molar-refractivity contribution is 6.25. The van der Waals surface area contributed by atoms with Crippen molar-refractivity contribution in [3.8, 4) is 5.75 Å². The Hall–Kier alpha value is -4.57. The molecule has 3 aromatic carbocycles. The van der Waals surface area contributed by atoms with E-state index >= 15 is 0 Å². The molecule has 4 atom stereocenters. The van der Waals surface area contributed by atoms with E-state index in [2.05, 4.69) is 5.32 Å². The molecule has 0 radical (unpaired) electrons. The molecular formula is C27H23N3O7. The van der Waals surface area contributed by atoms with E-state index in [1.165, 1.54) is 24.3 Å². The Labute approximate surface area is 211 Å². The van der Waals surface area contributed by atoms with Crippen LogP contribution >= 0.6 is 0 Å². The lowest BCUT2D eigenvalue weighted by Gasteiger charge is -2.31. The first-order valence-electron chi connectivity index (χ1n) is 11.6. The lowest BCUT2D eigenvalue weighted by molar-refractivity contribution is -0.384. The number of aryl methyl sites for hydroxylation is 1. The number of hydrogen-bond acceptors (Lipinski definition) is 7. The molecule has 4 unspecified atom stereocenters. The average molecular weight is 501 g/mol. The number of aromatic hydroxyl groups is 1. The number of carbonyl (C=O) groups excluding carboxylic acids is 2. The lowest BCUT2D eigenvalue weighted by atomic mass is 9.76. The zero-order valence-corrected chi connectivity index (χ0v) is 19.7. The van der Waals surface area contributed by atoms with Crippen LogP contribution in [-0.4, -0.2) is 38.5 Å². The number of phenols is 1. The summed E-state index contributed by atoms with van der Waals surface area (Å²) in [5.74, 6) is -5.50. The molecule has 0 bridgehead atoms. The van der Waals surface area contributed by atoms with E-state index in [1.54, 1.807) is 55.5 Å². The summed E-state index contributed by atoms with van der Waals surface area (Å²) in [6.45, 7) is 1.65. The van der Waals surface area contributed by atoms with Gasteiger partial charge in [-0.05, 0) is 41.8 Å². The molecule has 0 saturated carbocycles. The first kappa shape index (κ1) is 24.1. The number of aliphatic carboxylic acids is 1. The Morgan fingerprint density at radius 1 is 1.05 bits per heavy atom. The molecule has 0 aromatic heterocycles. The third kappa shape index (κ3) is 3.82. The van der Waals surface area contributed by atoms with Gasteiger partial charge in [0.2, 0.25) is 11.8 Å². The number of nitro benzene ring substituents is 1. The molecule has 37 heavy (non-hydrogen) atoms. The predicted molar refractivity (Wildman–Crippen MR) is 132 cm³/mol. The van der Waals surface area contributed by atoms with Gasteiger partial charge in [0.05, 0.1) is 16.8 Å². The Balaban J connectivity index is 1.70. The normalized spacial score (nSPS) is 24.8. The molecule has 2 aliphatic rings. The van der Waals surface area contributed by atoms with Crippen LogP contribution < -0.4 is 10.2 Å². The maximum absolute atomic E-state index is 13.9. The van der Waals surface area contributed by atoms with Gasteiger partial charge in [0.15, 0.2) is 0 Å². The quantitative estimate of drug-likeness (QED) is 0.265. The molecule has 0 aliphatic carbocycles. The number of phenolic OH excluding ortho intramolecular Hbond substituents is 1. The zero-order valence-electron chi connectivity index (χ0n) is 19.7.